The molecule has 0 spiro atoms. The predicted octanol–water partition coefficient (Wildman–Crippen LogP) is 3.42. The van der Waals surface area contributed by atoms with Crippen molar-refractivity contribution in [1.29, 1.82) is 0 Å². The number of likely N-dealkylation sites (N-methyl/N-ethyl adjacent to an activating group) is 1. The Morgan fingerprint density at radius 2 is 2.00 bits per heavy atom. The van der Waals surface area contributed by atoms with Crippen LogP contribution in [-0.4, -0.2) is 50.8 Å². The maximum absolute atomic E-state index is 6.06. The van der Waals surface area contributed by atoms with Crippen molar-refractivity contribution in [3.63, 3.8) is 0 Å². The number of nitrogens with zero attached hydrogens (tertiary/aromatic N) is 2. The molecule has 28 heavy (non-hydrogen) atoms. The van der Waals surface area contributed by atoms with Gasteiger partial charge in [0.25, 0.3) is 0 Å². The van der Waals surface area contributed by atoms with Crippen LogP contribution >= 0.6 is 0 Å². The molecule has 4 rings (SSSR count). The van der Waals surface area contributed by atoms with Crippen molar-refractivity contribution in [2.45, 2.75) is 12.5 Å². The number of nitrogens with one attached hydrogen (secondary N) is 1. The summed E-state index contributed by atoms with van der Waals surface area (Å²) in [7, 11) is 5.79. The van der Waals surface area contributed by atoms with Crippen LogP contribution < -0.4 is 14.8 Å². The number of benzene rings is 2. The molecule has 0 saturated carbocycles. The van der Waals surface area contributed by atoms with Gasteiger partial charge in [0, 0.05) is 30.9 Å². The summed E-state index contributed by atoms with van der Waals surface area (Å²) in [6.45, 7) is 2.43. The summed E-state index contributed by atoms with van der Waals surface area (Å²) >= 11 is 0. The van der Waals surface area contributed by atoms with Crippen molar-refractivity contribution in [1.82, 2.24) is 15.2 Å². The van der Waals surface area contributed by atoms with Crippen molar-refractivity contribution in [3.05, 3.63) is 65.5 Å². The second kappa shape index (κ2) is 8.17. The van der Waals surface area contributed by atoms with Crippen LogP contribution in [0.1, 0.15) is 22.7 Å². The first kappa shape index (κ1) is 18.7. The molecule has 5 heteroatoms. The Labute approximate surface area is 166 Å². The highest BCUT2D eigenvalue weighted by atomic mass is 16.5. The smallest absolute Gasteiger partial charge is 0.161 e. The molecule has 146 valence electrons. The zero-order chi connectivity index (χ0) is 19.5. The summed E-state index contributed by atoms with van der Waals surface area (Å²) in [6, 6.07) is 13.1. The van der Waals surface area contributed by atoms with Gasteiger partial charge in [-0.1, -0.05) is 12.1 Å². The van der Waals surface area contributed by atoms with Crippen LogP contribution in [0.15, 0.2) is 48.8 Å². The quantitative estimate of drug-likeness (QED) is 0.713. The van der Waals surface area contributed by atoms with Crippen molar-refractivity contribution in [2.24, 2.45) is 0 Å². The van der Waals surface area contributed by atoms with Gasteiger partial charge in [0.2, 0.25) is 0 Å². The van der Waals surface area contributed by atoms with Crippen LogP contribution in [0.3, 0.4) is 0 Å². The molecule has 1 aromatic heterocycles. The van der Waals surface area contributed by atoms with Gasteiger partial charge < -0.3 is 19.7 Å². The average molecular weight is 377 g/mol. The second-order valence-corrected chi connectivity index (χ2v) is 7.47. The van der Waals surface area contributed by atoms with Crippen LogP contribution in [0.2, 0.25) is 0 Å². The molecule has 1 atom stereocenters. The van der Waals surface area contributed by atoms with Crippen LogP contribution in [0.25, 0.3) is 10.8 Å². The first-order valence-electron chi connectivity index (χ1n) is 9.71. The lowest BCUT2D eigenvalue weighted by atomic mass is 9.88. The number of aromatic nitrogens is 1. The molecule has 2 heterocycles. The first-order valence-corrected chi connectivity index (χ1v) is 9.71. The number of hydrogen-bond acceptors (Lipinski definition) is 5. The van der Waals surface area contributed by atoms with E-state index in [2.05, 4.69) is 51.6 Å². The molecular weight excluding hydrogens is 350 g/mol. The third-order valence-electron chi connectivity index (χ3n) is 5.27. The molecule has 5 nitrogen and oxygen atoms in total. The SMILES string of the molecule is COc1cc2c(cc1OCCN(C)C)C(c1ccc3cnccc3c1)NCC2. The summed E-state index contributed by atoms with van der Waals surface area (Å²) in [5.41, 5.74) is 3.83. The minimum absolute atomic E-state index is 0.142. The standard InChI is InChI=1S/C23H27N3O2/c1-26(2)10-11-28-22-14-20-17(13-21(22)27-3)7-9-25-23(20)18-4-5-19-15-24-8-6-16(19)12-18/h4-6,8,12-15,23,25H,7,9-11H2,1-3H3. The minimum Gasteiger partial charge on any atom is -0.493 e. The number of fused-ring (bicyclic) bond motifs is 2. The highest BCUT2D eigenvalue weighted by Gasteiger charge is 2.24. The average Bonchev–Trinajstić information content (AvgIpc) is 2.72. The van der Waals surface area contributed by atoms with E-state index in [9.17, 15) is 0 Å². The van der Waals surface area contributed by atoms with Gasteiger partial charge in [-0.05, 0) is 66.9 Å². The Morgan fingerprint density at radius 3 is 2.82 bits per heavy atom. The summed E-state index contributed by atoms with van der Waals surface area (Å²) in [5, 5.41) is 6.04. The fraction of sp³-hybridized carbons (Fsp3) is 0.348. The van der Waals surface area contributed by atoms with Crippen LogP contribution in [0.5, 0.6) is 11.5 Å². The monoisotopic (exact) mass is 377 g/mol. The highest BCUT2D eigenvalue weighted by molar-refractivity contribution is 5.82. The van der Waals surface area contributed by atoms with E-state index in [1.807, 2.05) is 26.5 Å². The molecule has 2 aromatic carbocycles. The highest BCUT2D eigenvalue weighted by Crippen LogP contribution is 2.38. The van der Waals surface area contributed by atoms with E-state index in [4.69, 9.17) is 9.47 Å². The van der Waals surface area contributed by atoms with Crippen LogP contribution in [0.4, 0.5) is 0 Å². The number of methoxy groups -OCH3 is 1. The summed E-state index contributed by atoms with van der Waals surface area (Å²) in [6.07, 6.45) is 4.73. The normalized spacial score (nSPS) is 16.2. The van der Waals surface area contributed by atoms with Gasteiger partial charge in [-0.2, -0.15) is 0 Å². The molecule has 0 aliphatic carbocycles. The van der Waals surface area contributed by atoms with Crippen molar-refractivity contribution in [2.75, 3.05) is 40.9 Å². The Balaban J connectivity index is 1.70. The van der Waals surface area contributed by atoms with Crippen molar-refractivity contribution >= 4 is 10.8 Å². The maximum atomic E-state index is 6.06. The molecule has 0 fully saturated rings. The molecule has 1 aliphatic rings. The van der Waals surface area contributed by atoms with E-state index in [-0.39, 0.29) is 6.04 Å². The summed E-state index contributed by atoms with van der Waals surface area (Å²) in [4.78, 5) is 6.32. The maximum Gasteiger partial charge on any atom is 0.161 e. The van der Waals surface area contributed by atoms with Crippen molar-refractivity contribution in [3.8, 4) is 11.5 Å². The Bertz CT molecular complexity index is 971. The van der Waals surface area contributed by atoms with E-state index in [1.165, 1.54) is 22.1 Å². The van der Waals surface area contributed by atoms with E-state index in [0.717, 1.165) is 36.4 Å². The molecule has 0 saturated heterocycles. The fourth-order valence-corrected chi connectivity index (χ4v) is 3.75. The number of hydrogen-bond donors (Lipinski definition) is 1. The van der Waals surface area contributed by atoms with Gasteiger partial charge >= 0.3 is 0 Å². The molecule has 0 amide bonds. The molecule has 1 unspecified atom stereocenters. The van der Waals surface area contributed by atoms with Crippen LogP contribution in [-0.2, 0) is 6.42 Å². The number of pyridine rings is 1. The van der Waals surface area contributed by atoms with Gasteiger partial charge in [-0.25, -0.2) is 0 Å². The lowest BCUT2D eigenvalue weighted by Crippen LogP contribution is -2.30. The molecule has 1 aliphatic heterocycles. The minimum atomic E-state index is 0.142. The van der Waals surface area contributed by atoms with E-state index in [1.54, 1.807) is 7.11 Å². The fourth-order valence-electron chi connectivity index (χ4n) is 3.75. The number of ether oxygens (including phenoxy) is 2. The van der Waals surface area contributed by atoms with E-state index < -0.39 is 0 Å². The molecule has 1 N–H and O–H groups in total. The van der Waals surface area contributed by atoms with Gasteiger partial charge in [0.1, 0.15) is 6.61 Å². The lowest BCUT2D eigenvalue weighted by molar-refractivity contribution is 0.250. The van der Waals surface area contributed by atoms with Gasteiger partial charge in [0.05, 0.1) is 13.2 Å². The lowest BCUT2D eigenvalue weighted by Gasteiger charge is -2.29. The summed E-state index contributed by atoms with van der Waals surface area (Å²) in [5.74, 6) is 1.62. The predicted molar refractivity (Wildman–Crippen MR) is 112 cm³/mol. The molecule has 0 bridgehead atoms. The van der Waals surface area contributed by atoms with Gasteiger partial charge in [-0.3, -0.25) is 4.98 Å². The molecule has 0 radical (unpaired) electrons. The van der Waals surface area contributed by atoms with Gasteiger partial charge in [-0.15, -0.1) is 0 Å². The van der Waals surface area contributed by atoms with E-state index >= 15 is 0 Å². The third kappa shape index (κ3) is 3.81. The third-order valence-corrected chi connectivity index (χ3v) is 5.27. The van der Waals surface area contributed by atoms with E-state index in [0.29, 0.717) is 6.61 Å². The molecule has 3 aromatic rings. The largest absolute Gasteiger partial charge is 0.493 e. The Kier molecular flexibility index (Phi) is 5.46. The first-order chi connectivity index (χ1) is 13.7. The Morgan fingerprint density at radius 1 is 1.11 bits per heavy atom. The summed E-state index contributed by atoms with van der Waals surface area (Å²) < 4.78 is 11.7. The zero-order valence-electron chi connectivity index (χ0n) is 16.7. The number of rotatable bonds is 6. The van der Waals surface area contributed by atoms with Gasteiger partial charge in [0.15, 0.2) is 11.5 Å². The van der Waals surface area contributed by atoms with Crippen LogP contribution in [0, 0.1) is 0 Å². The Hall–Kier alpha value is -2.63. The zero-order valence-corrected chi connectivity index (χ0v) is 16.7. The topological polar surface area (TPSA) is 46.6 Å². The van der Waals surface area contributed by atoms with Crippen molar-refractivity contribution < 1.29 is 9.47 Å². The molecular formula is C23H27N3O2. The second-order valence-electron chi connectivity index (χ2n) is 7.47.